The number of hydrogen-bond donors (Lipinski definition) is 2. The molecule has 21 heavy (non-hydrogen) atoms. The van der Waals surface area contributed by atoms with Crippen LogP contribution in [-0.4, -0.2) is 20.1 Å². The van der Waals surface area contributed by atoms with E-state index in [1.807, 2.05) is 0 Å². The highest BCUT2D eigenvalue weighted by Gasteiger charge is 2.21. The molecule has 1 heterocycles. The van der Waals surface area contributed by atoms with Gasteiger partial charge in [-0.15, -0.1) is 11.3 Å². The number of thiophene rings is 1. The van der Waals surface area contributed by atoms with Gasteiger partial charge in [0.05, 0.1) is 5.69 Å². The standard InChI is InChI=1S/C12H10F3NO3S2/c13-7-5-9(14)12(15)10(6-7)16-21(18,19)11-2-1-8(20-11)3-4-17/h1-2,5-6,16-17H,3-4H2. The van der Waals surface area contributed by atoms with Crippen LogP contribution in [0.1, 0.15) is 4.88 Å². The molecule has 4 nitrogen and oxygen atoms in total. The van der Waals surface area contributed by atoms with E-state index >= 15 is 0 Å². The molecule has 0 unspecified atom stereocenters. The summed E-state index contributed by atoms with van der Waals surface area (Å²) in [7, 11) is -4.15. The Hall–Kier alpha value is -1.58. The van der Waals surface area contributed by atoms with E-state index < -0.39 is 33.2 Å². The van der Waals surface area contributed by atoms with Gasteiger partial charge in [-0.3, -0.25) is 4.72 Å². The molecule has 9 heteroatoms. The molecule has 0 spiro atoms. The quantitative estimate of drug-likeness (QED) is 0.824. The molecule has 2 rings (SSSR count). The van der Waals surface area contributed by atoms with Crippen LogP contribution in [0.25, 0.3) is 0 Å². The van der Waals surface area contributed by atoms with E-state index in [0.717, 1.165) is 11.3 Å². The molecule has 1 aromatic heterocycles. The van der Waals surface area contributed by atoms with Crippen molar-refractivity contribution in [3.63, 3.8) is 0 Å². The van der Waals surface area contributed by atoms with Crippen molar-refractivity contribution in [2.45, 2.75) is 10.6 Å². The lowest BCUT2D eigenvalue weighted by Gasteiger charge is -2.08. The summed E-state index contributed by atoms with van der Waals surface area (Å²) in [5.41, 5.74) is -0.801. The molecule has 0 amide bonds. The molecule has 1 aromatic carbocycles. The molecular weight excluding hydrogens is 327 g/mol. The first-order chi connectivity index (χ1) is 9.83. The van der Waals surface area contributed by atoms with Crippen LogP contribution in [0.5, 0.6) is 0 Å². The Balaban J connectivity index is 2.33. The molecule has 0 saturated heterocycles. The molecular formula is C12H10F3NO3S2. The zero-order chi connectivity index (χ0) is 15.6. The first-order valence-electron chi connectivity index (χ1n) is 5.70. The van der Waals surface area contributed by atoms with Gasteiger partial charge >= 0.3 is 0 Å². The minimum atomic E-state index is -4.15. The SMILES string of the molecule is O=S(=O)(Nc1cc(F)cc(F)c1F)c1ccc(CCO)s1. The van der Waals surface area contributed by atoms with Crippen LogP contribution in [0.15, 0.2) is 28.5 Å². The topological polar surface area (TPSA) is 66.4 Å². The van der Waals surface area contributed by atoms with Crippen molar-refractivity contribution in [2.75, 3.05) is 11.3 Å². The van der Waals surface area contributed by atoms with Gasteiger partial charge in [-0.25, -0.2) is 21.6 Å². The van der Waals surface area contributed by atoms with Gasteiger partial charge in [0.25, 0.3) is 10.0 Å². The Labute approximate surface area is 122 Å². The summed E-state index contributed by atoms with van der Waals surface area (Å²) in [6.07, 6.45) is 0.281. The van der Waals surface area contributed by atoms with Gasteiger partial charge < -0.3 is 5.11 Å². The van der Waals surface area contributed by atoms with Crippen molar-refractivity contribution in [1.29, 1.82) is 0 Å². The predicted molar refractivity (Wildman–Crippen MR) is 72.2 cm³/mol. The third kappa shape index (κ3) is 3.55. The second-order valence-electron chi connectivity index (χ2n) is 4.05. The number of anilines is 1. The average molecular weight is 337 g/mol. The van der Waals surface area contributed by atoms with E-state index in [1.54, 1.807) is 4.72 Å². The molecule has 0 fully saturated rings. The van der Waals surface area contributed by atoms with Gasteiger partial charge in [-0.05, 0) is 12.1 Å². The van der Waals surface area contributed by atoms with Crippen LogP contribution in [0, 0.1) is 17.5 Å². The smallest absolute Gasteiger partial charge is 0.271 e. The Morgan fingerprint density at radius 3 is 2.57 bits per heavy atom. The van der Waals surface area contributed by atoms with Crippen LogP contribution in [0.3, 0.4) is 0 Å². The number of hydrogen-bond acceptors (Lipinski definition) is 4. The Morgan fingerprint density at radius 2 is 1.90 bits per heavy atom. The molecule has 0 aliphatic heterocycles. The van der Waals surface area contributed by atoms with E-state index in [1.165, 1.54) is 12.1 Å². The molecule has 0 radical (unpaired) electrons. The number of aliphatic hydroxyl groups excluding tert-OH is 1. The molecule has 2 N–H and O–H groups in total. The summed E-state index contributed by atoms with van der Waals surface area (Å²) in [5, 5.41) is 8.77. The molecule has 0 saturated carbocycles. The van der Waals surface area contributed by atoms with Crippen LogP contribution in [0.4, 0.5) is 18.9 Å². The fraction of sp³-hybridized carbons (Fsp3) is 0.167. The number of sulfonamides is 1. The predicted octanol–water partition coefficient (Wildman–Crippen LogP) is 2.50. The summed E-state index contributed by atoms with van der Waals surface area (Å²) >= 11 is 0.877. The van der Waals surface area contributed by atoms with E-state index in [9.17, 15) is 21.6 Å². The highest BCUT2D eigenvalue weighted by atomic mass is 32.2. The minimum absolute atomic E-state index is 0.142. The van der Waals surface area contributed by atoms with Crippen LogP contribution < -0.4 is 4.72 Å². The van der Waals surface area contributed by atoms with Gasteiger partial charge in [-0.1, -0.05) is 0 Å². The van der Waals surface area contributed by atoms with Crippen molar-refractivity contribution < 1.29 is 26.7 Å². The van der Waals surface area contributed by atoms with Gasteiger partial charge in [0.1, 0.15) is 10.0 Å². The molecule has 0 aliphatic rings. The zero-order valence-electron chi connectivity index (χ0n) is 10.4. The van der Waals surface area contributed by atoms with Gasteiger partial charge in [0, 0.05) is 30.0 Å². The summed E-state index contributed by atoms with van der Waals surface area (Å²) in [6, 6.07) is 3.64. The second-order valence-corrected chi connectivity index (χ2v) is 7.13. The summed E-state index contributed by atoms with van der Waals surface area (Å²) in [4.78, 5) is 0.615. The van der Waals surface area contributed by atoms with Crippen molar-refractivity contribution in [3.8, 4) is 0 Å². The fourth-order valence-electron chi connectivity index (χ4n) is 1.57. The van der Waals surface area contributed by atoms with Gasteiger partial charge in [-0.2, -0.15) is 0 Å². The monoisotopic (exact) mass is 337 g/mol. The number of benzene rings is 1. The maximum Gasteiger partial charge on any atom is 0.271 e. The summed E-state index contributed by atoms with van der Waals surface area (Å²) < 4.78 is 65.2. The maximum atomic E-state index is 13.5. The Morgan fingerprint density at radius 1 is 1.19 bits per heavy atom. The number of rotatable bonds is 5. The van der Waals surface area contributed by atoms with Crippen LogP contribution >= 0.6 is 11.3 Å². The van der Waals surface area contributed by atoms with E-state index in [0.29, 0.717) is 17.0 Å². The van der Waals surface area contributed by atoms with Crippen molar-refractivity contribution in [3.05, 3.63) is 46.6 Å². The summed E-state index contributed by atoms with van der Waals surface area (Å²) in [6.45, 7) is -0.142. The maximum absolute atomic E-state index is 13.5. The lowest BCUT2D eigenvalue weighted by atomic mass is 10.3. The van der Waals surface area contributed by atoms with Crippen LogP contribution in [-0.2, 0) is 16.4 Å². The normalized spacial score (nSPS) is 11.6. The second kappa shape index (κ2) is 6.04. The van der Waals surface area contributed by atoms with Gasteiger partial charge in [0.2, 0.25) is 0 Å². The molecule has 0 atom stereocenters. The lowest BCUT2D eigenvalue weighted by Crippen LogP contribution is -2.13. The third-order valence-corrected chi connectivity index (χ3v) is 5.50. The molecule has 0 aliphatic carbocycles. The van der Waals surface area contributed by atoms with Crippen molar-refractivity contribution in [1.82, 2.24) is 0 Å². The highest BCUT2D eigenvalue weighted by Crippen LogP contribution is 2.26. The fourth-order valence-corrected chi connectivity index (χ4v) is 3.97. The molecule has 0 bridgehead atoms. The van der Waals surface area contributed by atoms with E-state index in [4.69, 9.17) is 5.11 Å². The summed E-state index contributed by atoms with van der Waals surface area (Å²) in [5.74, 6) is -4.06. The third-order valence-electron chi connectivity index (χ3n) is 2.50. The average Bonchev–Trinajstić information content (AvgIpc) is 2.85. The van der Waals surface area contributed by atoms with Gasteiger partial charge in [0.15, 0.2) is 11.6 Å². The molecule has 114 valence electrons. The van der Waals surface area contributed by atoms with Crippen molar-refractivity contribution >= 4 is 27.0 Å². The number of aliphatic hydroxyl groups is 1. The highest BCUT2D eigenvalue weighted by molar-refractivity contribution is 7.94. The number of nitrogens with one attached hydrogen (secondary N) is 1. The molecule has 2 aromatic rings. The zero-order valence-corrected chi connectivity index (χ0v) is 12.1. The lowest BCUT2D eigenvalue weighted by molar-refractivity contribution is 0.300. The van der Waals surface area contributed by atoms with E-state index in [2.05, 4.69) is 0 Å². The van der Waals surface area contributed by atoms with Crippen molar-refractivity contribution in [2.24, 2.45) is 0 Å². The first-order valence-corrected chi connectivity index (χ1v) is 8.00. The minimum Gasteiger partial charge on any atom is -0.396 e. The van der Waals surface area contributed by atoms with E-state index in [-0.39, 0.29) is 17.2 Å². The number of halogens is 3. The Kier molecular flexibility index (Phi) is 4.55. The first kappa shape index (κ1) is 15.8. The van der Waals surface area contributed by atoms with Crippen LogP contribution in [0.2, 0.25) is 0 Å². The largest absolute Gasteiger partial charge is 0.396 e. The Bertz CT molecular complexity index is 759.